The number of aromatic nitrogens is 2. The average molecular weight is 238 g/mol. The molecule has 2 N–H and O–H groups in total. The second kappa shape index (κ2) is 4.23. The van der Waals surface area contributed by atoms with Gasteiger partial charge in [0.25, 0.3) is 5.89 Å². The molecule has 1 unspecified atom stereocenters. The van der Waals surface area contributed by atoms with Crippen molar-refractivity contribution in [3.63, 3.8) is 0 Å². The molecule has 0 aliphatic carbocycles. The van der Waals surface area contributed by atoms with E-state index in [1.165, 1.54) is 0 Å². The van der Waals surface area contributed by atoms with E-state index in [0.29, 0.717) is 16.7 Å². The normalized spacial score (nSPS) is 12.8. The molecule has 0 radical (unpaired) electrons. The first-order chi connectivity index (χ1) is 7.58. The van der Waals surface area contributed by atoms with Crippen LogP contribution in [-0.4, -0.2) is 10.1 Å². The van der Waals surface area contributed by atoms with E-state index in [0.717, 1.165) is 11.1 Å². The number of nitrogens with zero attached hydrogens (tertiary/aromatic N) is 2. The lowest BCUT2D eigenvalue weighted by molar-refractivity contribution is 0.418. The van der Waals surface area contributed by atoms with E-state index in [1.807, 2.05) is 26.0 Å². The Labute approximate surface area is 98.4 Å². The first-order valence-electron chi connectivity index (χ1n) is 4.93. The predicted octanol–water partition coefficient (Wildman–Crippen LogP) is 2.72. The summed E-state index contributed by atoms with van der Waals surface area (Å²) in [5, 5.41) is 4.50. The molecule has 1 atom stereocenters. The molecule has 2 rings (SSSR count). The van der Waals surface area contributed by atoms with Crippen molar-refractivity contribution in [3.05, 3.63) is 34.6 Å². The molecule has 0 amide bonds. The fourth-order valence-corrected chi connectivity index (χ4v) is 1.62. The van der Waals surface area contributed by atoms with Crippen LogP contribution in [0.25, 0.3) is 11.5 Å². The Kier molecular flexibility index (Phi) is 2.94. The third-order valence-corrected chi connectivity index (χ3v) is 2.50. The van der Waals surface area contributed by atoms with Crippen LogP contribution in [0.2, 0.25) is 5.02 Å². The van der Waals surface area contributed by atoms with Crippen LogP contribution in [-0.2, 0) is 0 Å². The third-order valence-electron chi connectivity index (χ3n) is 2.27. The van der Waals surface area contributed by atoms with Gasteiger partial charge in [0, 0.05) is 10.6 Å². The summed E-state index contributed by atoms with van der Waals surface area (Å²) >= 11 is 5.87. The summed E-state index contributed by atoms with van der Waals surface area (Å²) < 4.78 is 5.15. The summed E-state index contributed by atoms with van der Waals surface area (Å²) in [6, 6.07) is 5.27. The summed E-state index contributed by atoms with van der Waals surface area (Å²) in [7, 11) is 0. The number of hydrogen-bond donors (Lipinski definition) is 1. The van der Waals surface area contributed by atoms with Crippen LogP contribution in [0, 0.1) is 6.92 Å². The highest BCUT2D eigenvalue weighted by molar-refractivity contribution is 6.30. The highest BCUT2D eigenvalue weighted by atomic mass is 35.5. The maximum absolute atomic E-state index is 5.87. The zero-order valence-corrected chi connectivity index (χ0v) is 9.82. The van der Waals surface area contributed by atoms with Crippen LogP contribution in [0.1, 0.15) is 24.4 Å². The highest BCUT2D eigenvalue weighted by Gasteiger charge is 2.13. The van der Waals surface area contributed by atoms with E-state index >= 15 is 0 Å². The van der Waals surface area contributed by atoms with Crippen molar-refractivity contribution in [1.82, 2.24) is 10.1 Å². The maximum Gasteiger partial charge on any atom is 0.258 e. The van der Waals surface area contributed by atoms with Crippen molar-refractivity contribution in [2.45, 2.75) is 19.9 Å². The molecule has 84 valence electrons. The minimum Gasteiger partial charge on any atom is -0.334 e. The summed E-state index contributed by atoms with van der Waals surface area (Å²) in [5.74, 6) is 0.978. The minimum atomic E-state index is -0.231. The molecular weight excluding hydrogens is 226 g/mol. The summed E-state index contributed by atoms with van der Waals surface area (Å²) in [5.41, 5.74) is 7.53. The van der Waals surface area contributed by atoms with Crippen molar-refractivity contribution >= 4 is 11.6 Å². The summed E-state index contributed by atoms with van der Waals surface area (Å²) in [6.45, 7) is 3.75. The molecule has 2 aromatic rings. The quantitative estimate of drug-likeness (QED) is 0.872. The van der Waals surface area contributed by atoms with E-state index in [4.69, 9.17) is 21.9 Å². The maximum atomic E-state index is 5.87. The summed E-state index contributed by atoms with van der Waals surface area (Å²) in [6.07, 6.45) is 0. The molecule has 0 saturated carbocycles. The number of aryl methyl sites for hydroxylation is 1. The van der Waals surface area contributed by atoms with Crippen molar-refractivity contribution < 1.29 is 4.52 Å². The lowest BCUT2D eigenvalue weighted by atomic mass is 10.1. The van der Waals surface area contributed by atoms with Crippen LogP contribution in [0.5, 0.6) is 0 Å². The molecule has 1 aromatic heterocycles. The molecule has 16 heavy (non-hydrogen) atoms. The van der Waals surface area contributed by atoms with Gasteiger partial charge in [-0.25, -0.2) is 0 Å². The second-order valence-corrected chi connectivity index (χ2v) is 4.14. The molecule has 1 aromatic carbocycles. The zero-order chi connectivity index (χ0) is 11.7. The Balaban J connectivity index is 2.42. The topological polar surface area (TPSA) is 64.9 Å². The van der Waals surface area contributed by atoms with Crippen LogP contribution >= 0.6 is 11.6 Å². The standard InChI is InChI=1S/C11H12ClN3O/c1-6-5-8(12)3-4-9(6)11-14-10(7(2)13)15-16-11/h3-5,7H,13H2,1-2H3. The number of nitrogens with two attached hydrogens (primary N) is 1. The molecule has 0 fully saturated rings. The first kappa shape index (κ1) is 11.1. The lowest BCUT2D eigenvalue weighted by Gasteiger charge is -2.00. The van der Waals surface area contributed by atoms with Gasteiger partial charge in [-0.3, -0.25) is 0 Å². The van der Waals surface area contributed by atoms with E-state index in [-0.39, 0.29) is 6.04 Å². The van der Waals surface area contributed by atoms with Crippen LogP contribution in [0.4, 0.5) is 0 Å². The Morgan fingerprint density at radius 2 is 2.19 bits per heavy atom. The fraction of sp³-hybridized carbons (Fsp3) is 0.273. The van der Waals surface area contributed by atoms with Gasteiger partial charge < -0.3 is 10.3 Å². The van der Waals surface area contributed by atoms with E-state index < -0.39 is 0 Å². The van der Waals surface area contributed by atoms with Gasteiger partial charge in [-0.1, -0.05) is 16.8 Å². The number of halogens is 1. The molecule has 1 heterocycles. The molecule has 0 aliphatic rings. The monoisotopic (exact) mass is 237 g/mol. The average Bonchev–Trinajstić information content (AvgIpc) is 2.66. The van der Waals surface area contributed by atoms with Gasteiger partial charge in [0.2, 0.25) is 0 Å². The third kappa shape index (κ3) is 2.08. The molecule has 0 bridgehead atoms. The predicted molar refractivity (Wildman–Crippen MR) is 62.1 cm³/mol. The van der Waals surface area contributed by atoms with Crippen LogP contribution < -0.4 is 5.73 Å². The van der Waals surface area contributed by atoms with Crippen molar-refractivity contribution in [2.75, 3.05) is 0 Å². The molecular formula is C11H12ClN3O. The smallest absolute Gasteiger partial charge is 0.258 e. The Morgan fingerprint density at radius 1 is 1.44 bits per heavy atom. The molecule has 5 heteroatoms. The fourth-order valence-electron chi connectivity index (χ4n) is 1.40. The minimum absolute atomic E-state index is 0.231. The Hall–Kier alpha value is -1.39. The molecule has 0 aliphatic heterocycles. The molecule has 4 nitrogen and oxygen atoms in total. The number of benzene rings is 1. The van der Waals surface area contributed by atoms with Crippen molar-refractivity contribution in [3.8, 4) is 11.5 Å². The van der Waals surface area contributed by atoms with Crippen molar-refractivity contribution in [1.29, 1.82) is 0 Å². The second-order valence-electron chi connectivity index (χ2n) is 3.71. The van der Waals surface area contributed by atoms with E-state index in [1.54, 1.807) is 6.07 Å². The van der Waals surface area contributed by atoms with Gasteiger partial charge >= 0.3 is 0 Å². The Bertz CT molecular complexity index is 508. The zero-order valence-electron chi connectivity index (χ0n) is 9.07. The molecule has 0 saturated heterocycles. The van der Waals surface area contributed by atoms with Gasteiger partial charge in [-0.2, -0.15) is 4.98 Å². The van der Waals surface area contributed by atoms with Gasteiger partial charge in [0.1, 0.15) is 0 Å². The Morgan fingerprint density at radius 3 is 2.75 bits per heavy atom. The number of hydrogen-bond acceptors (Lipinski definition) is 4. The lowest BCUT2D eigenvalue weighted by Crippen LogP contribution is -2.06. The highest BCUT2D eigenvalue weighted by Crippen LogP contribution is 2.25. The largest absolute Gasteiger partial charge is 0.334 e. The van der Waals surface area contributed by atoms with E-state index in [2.05, 4.69) is 10.1 Å². The van der Waals surface area contributed by atoms with Gasteiger partial charge in [-0.05, 0) is 37.6 Å². The van der Waals surface area contributed by atoms with Gasteiger partial charge in [-0.15, -0.1) is 0 Å². The van der Waals surface area contributed by atoms with Crippen molar-refractivity contribution in [2.24, 2.45) is 5.73 Å². The van der Waals surface area contributed by atoms with E-state index in [9.17, 15) is 0 Å². The first-order valence-corrected chi connectivity index (χ1v) is 5.31. The van der Waals surface area contributed by atoms with Crippen LogP contribution in [0.15, 0.2) is 22.7 Å². The van der Waals surface area contributed by atoms with Crippen LogP contribution in [0.3, 0.4) is 0 Å². The number of rotatable bonds is 2. The summed E-state index contributed by atoms with van der Waals surface area (Å²) in [4.78, 5) is 4.22. The SMILES string of the molecule is Cc1cc(Cl)ccc1-c1nc(C(C)N)no1. The van der Waals surface area contributed by atoms with Gasteiger partial charge in [0.05, 0.1) is 6.04 Å². The molecule has 0 spiro atoms. The van der Waals surface area contributed by atoms with Gasteiger partial charge in [0.15, 0.2) is 5.82 Å².